The van der Waals surface area contributed by atoms with Crippen molar-refractivity contribution >= 4 is 40.8 Å². The number of rotatable bonds is 9. The molecule has 1 fully saturated rings. The van der Waals surface area contributed by atoms with Gasteiger partial charge in [-0.2, -0.15) is 0 Å². The number of piperazine rings is 1. The van der Waals surface area contributed by atoms with Crippen LogP contribution in [0.4, 0.5) is 4.39 Å². The molecule has 3 N–H and O–H groups in total. The van der Waals surface area contributed by atoms with Crippen molar-refractivity contribution < 1.29 is 4.39 Å². The Balaban J connectivity index is 0.00000341. The van der Waals surface area contributed by atoms with Crippen LogP contribution < -0.4 is 10.6 Å². The first-order valence-electron chi connectivity index (χ1n) is 11.3. The van der Waals surface area contributed by atoms with Crippen molar-refractivity contribution in [1.82, 2.24) is 25.4 Å². The monoisotopic (exact) mass is 544 g/mol. The second-order valence-corrected chi connectivity index (χ2v) is 8.24. The van der Waals surface area contributed by atoms with Gasteiger partial charge >= 0.3 is 0 Å². The number of aliphatic imine (C=N–C) groups is 1. The SMILES string of the molecule is CCNC(=NCC(C)CN1CCN(CC)CC1)NCCc1c[nH]c2cc(F)ccc12.I. The minimum absolute atomic E-state index is 0. The zero-order chi connectivity index (χ0) is 21.3. The van der Waals surface area contributed by atoms with Crippen LogP contribution >= 0.6 is 24.0 Å². The molecule has 174 valence electrons. The normalized spacial score (nSPS) is 16.8. The molecule has 1 saturated heterocycles. The predicted molar refractivity (Wildman–Crippen MR) is 139 cm³/mol. The number of H-pyrrole nitrogens is 1. The fraction of sp³-hybridized carbons (Fsp3) is 0.609. The van der Waals surface area contributed by atoms with E-state index in [1.807, 2.05) is 12.3 Å². The summed E-state index contributed by atoms with van der Waals surface area (Å²) < 4.78 is 13.4. The van der Waals surface area contributed by atoms with Crippen LogP contribution in [0.15, 0.2) is 29.4 Å². The number of nitrogens with zero attached hydrogens (tertiary/aromatic N) is 3. The zero-order valence-corrected chi connectivity index (χ0v) is 21.4. The van der Waals surface area contributed by atoms with E-state index in [2.05, 4.69) is 46.2 Å². The number of fused-ring (bicyclic) bond motifs is 1. The highest BCUT2D eigenvalue weighted by Crippen LogP contribution is 2.19. The molecule has 0 aliphatic carbocycles. The number of hydrogen-bond acceptors (Lipinski definition) is 3. The number of halogens is 2. The summed E-state index contributed by atoms with van der Waals surface area (Å²) in [7, 11) is 0. The van der Waals surface area contributed by atoms with Crippen molar-refractivity contribution in [1.29, 1.82) is 0 Å². The average molecular weight is 545 g/mol. The van der Waals surface area contributed by atoms with E-state index in [-0.39, 0.29) is 29.8 Å². The second kappa shape index (κ2) is 13.2. The predicted octanol–water partition coefficient (Wildman–Crippen LogP) is 3.30. The molecule has 1 unspecified atom stereocenters. The Labute approximate surface area is 203 Å². The van der Waals surface area contributed by atoms with Crippen LogP contribution in [0.3, 0.4) is 0 Å². The molecular weight excluding hydrogens is 506 g/mol. The van der Waals surface area contributed by atoms with Crippen LogP contribution in [0.1, 0.15) is 26.3 Å². The zero-order valence-electron chi connectivity index (χ0n) is 19.1. The largest absolute Gasteiger partial charge is 0.361 e. The molecule has 1 aromatic heterocycles. The average Bonchev–Trinajstić information content (AvgIpc) is 3.14. The summed E-state index contributed by atoms with van der Waals surface area (Å²) >= 11 is 0. The van der Waals surface area contributed by atoms with E-state index in [1.54, 1.807) is 6.07 Å². The van der Waals surface area contributed by atoms with Gasteiger partial charge in [-0.1, -0.05) is 13.8 Å². The minimum atomic E-state index is -0.211. The van der Waals surface area contributed by atoms with Crippen molar-refractivity contribution in [2.45, 2.75) is 27.2 Å². The minimum Gasteiger partial charge on any atom is -0.361 e. The molecule has 0 spiro atoms. The van der Waals surface area contributed by atoms with E-state index in [4.69, 9.17) is 4.99 Å². The smallest absolute Gasteiger partial charge is 0.191 e. The Bertz CT molecular complexity index is 815. The quantitative estimate of drug-likeness (QED) is 0.258. The van der Waals surface area contributed by atoms with Gasteiger partial charge in [-0.05, 0) is 49.6 Å². The lowest BCUT2D eigenvalue weighted by Gasteiger charge is -2.35. The molecule has 1 aliphatic rings. The molecule has 2 aromatic rings. The van der Waals surface area contributed by atoms with Gasteiger partial charge in [-0.15, -0.1) is 24.0 Å². The number of hydrogen-bond donors (Lipinski definition) is 3. The highest BCUT2D eigenvalue weighted by Gasteiger charge is 2.17. The Morgan fingerprint density at radius 3 is 2.61 bits per heavy atom. The Morgan fingerprint density at radius 2 is 1.90 bits per heavy atom. The van der Waals surface area contributed by atoms with Gasteiger partial charge in [0.1, 0.15) is 5.82 Å². The number of nitrogens with one attached hydrogen (secondary N) is 3. The first kappa shape index (κ1) is 25.9. The van der Waals surface area contributed by atoms with Gasteiger partial charge in [0, 0.05) is 69.5 Å². The van der Waals surface area contributed by atoms with Gasteiger partial charge < -0.3 is 25.4 Å². The molecule has 0 amide bonds. The molecule has 1 aliphatic heterocycles. The highest BCUT2D eigenvalue weighted by atomic mass is 127. The van der Waals surface area contributed by atoms with E-state index in [0.717, 1.165) is 69.1 Å². The van der Waals surface area contributed by atoms with Gasteiger partial charge in [0.05, 0.1) is 0 Å². The van der Waals surface area contributed by atoms with Gasteiger partial charge in [0.25, 0.3) is 0 Å². The summed E-state index contributed by atoms with van der Waals surface area (Å²) in [5.74, 6) is 1.18. The van der Waals surface area contributed by atoms with Gasteiger partial charge in [0.2, 0.25) is 0 Å². The van der Waals surface area contributed by atoms with Gasteiger partial charge in [-0.25, -0.2) is 4.39 Å². The van der Waals surface area contributed by atoms with Crippen molar-refractivity contribution in [3.05, 3.63) is 35.8 Å². The van der Waals surface area contributed by atoms with Crippen LogP contribution in [0, 0.1) is 11.7 Å². The van der Waals surface area contributed by atoms with E-state index < -0.39 is 0 Å². The number of guanidine groups is 1. The molecule has 8 heteroatoms. The Kier molecular flexibility index (Phi) is 11.0. The summed E-state index contributed by atoms with van der Waals surface area (Å²) in [6, 6.07) is 4.90. The van der Waals surface area contributed by atoms with Crippen LogP contribution in [0.25, 0.3) is 10.9 Å². The van der Waals surface area contributed by atoms with Crippen LogP contribution in [-0.2, 0) is 6.42 Å². The third kappa shape index (κ3) is 7.91. The van der Waals surface area contributed by atoms with Crippen molar-refractivity contribution in [3.63, 3.8) is 0 Å². The maximum absolute atomic E-state index is 13.4. The molecular formula is C23H38FIN6. The number of likely N-dealkylation sites (N-methyl/N-ethyl adjacent to an activating group) is 1. The lowest BCUT2D eigenvalue weighted by Crippen LogP contribution is -2.47. The number of aromatic amines is 1. The fourth-order valence-electron chi connectivity index (χ4n) is 4.06. The molecule has 0 saturated carbocycles. The number of benzene rings is 1. The first-order valence-corrected chi connectivity index (χ1v) is 11.3. The molecule has 0 bridgehead atoms. The van der Waals surface area contributed by atoms with E-state index in [0.29, 0.717) is 5.92 Å². The van der Waals surface area contributed by atoms with Gasteiger partial charge in [0.15, 0.2) is 5.96 Å². The summed E-state index contributed by atoms with van der Waals surface area (Å²) in [6.07, 6.45) is 2.82. The summed E-state index contributed by atoms with van der Waals surface area (Å²) in [4.78, 5) is 13.0. The standard InChI is InChI=1S/C23H37FN6.HI/c1-4-25-23(28-15-18(3)17-30-12-10-29(5-2)11-13-30)26-9-8-19-16-27-22-14-20(24)6-7-21(19)22;/h6-7,14,16,18,27H,4-5,8-13,15,17H2,1-3H3,(H2,25,26,28);1H. The van der Waals surface area contributed by atoms with Crippen LogP contribution in [-0.4, -0.2) is 79.6 Å². The maximum Gasteiger partial charge on any atom is 0.191 e. The maximum atomic E-state index is 13.4. The van der Waals surface area contributed by atoms with E-state index in [9.17, 15) is 4.39 Å². The van der Waals surface area contributed by atoms with E-state index in [1.165, 1.54) is 24.7 Å². The van der Waals surface area contributed by atoms with E-state index >= 15 is 0 Å². The molecule has 2 heterocycles. The van der Waals surface area contributed by atoms with Crippen molar-refractivity contribution in [2.24, 2.45) is 10.9 Å². The molecule has 1 atom stereocenters. The molecule has 3 rings (SSSR count). The second-order valence-electron chi connectivity index (χ2n) is 8.24. The third-order valence-electron chi connectivity index (χ3n) is 5.80. The van der Waals surface area contributed by atoms with Crippen LogP contribution in [0.2, 0.25) is 0 Å². The molecule has 0 radical (unpaired) electrons. The summed E-state index contributed by atoms with van der Waals surface area (Å²) in [6.45, 7) is 16.0. The topological polar surface area (TPSA) is 58.7 Å². The van der Waals surface area contributed by atoms with Crippen molar-refractivity contribution in [3.8, 4) is 0 Å². The summed E-state index contributed by atoms with van der Waals surface area (Å²) in [5, 5.41) is 7.86. The van der Waals surface area contributed by atoms with Crippen LogP contribution in [0.5, 0.6) is 0 Å². The molecule has 31 heavy (non-hydrogen) atoms. The lowest BCUT2D eigenvalue weighted by atomic mass is 10.1. The Morgan fingerprint density at radius 1 is 1.16 bits per heavy atom. The lowest BCUT2D eigenvalue weighted by molar-refractivity contribution is 0.125. The fourth-order valence-corrected chi connectivity index (χ4v) is 4.06. The Hall–Kier alpha value is -1.39. The van der Waals surface area contributed by atoms with Gasteiger partial charge in [-0.3, -0.25) is 4.99 Å². The summed E-state index contributed by atoms with van der Waals surface area (Å²) in [5.41, 5.74) is 2.03. The molecule has 6 nitrogen and oxygen atoms in total. The highest BCUT2D eigenvalue weighted by molar-refractivity contribution is 14.0. The number of aromatic nitrogens is 1. The third-order valence-corrected chi connectivity index (χ3v) is 5.80. The van der Waals surface area contributed by atoms with Crippen molar-refractivity contribution in [2.75, 3.05) is 58.9 Å². The first-order chi connectivity index (χ1) is 14.6. The molecule has 1 aromatic carbocycles.